The minimum atomic E-state index is 0.0395. The van der Waals surface area contributed by atoms with Crippen molar-refractivity contribution in [2.75, 3.05) is 0 Å². The molecule has 0 bridgehead atoms. The summed E-state index contributed by atoms with van der Waals surface area (Å²) in [7, 11) is 0. The van der Waals surface area contributed by atoms with Crippen LogP contribution in [-0.2, 0) is 0 Å². The van der Waals surface area contributed by atoms with Crippen LogP contribution in [0.1, 0.15) is 29.7 Å². The number of pyridine rings is 1. The van der Waals surface area contributed by atoms with Crippen molar-refractivity contribution in [1.29, 1.82) is 0 Å². The topological polar surface area (TPSA) is 38.9 Å². The summed E-state index contributed by atoms with van der Waals surface area (Å²) in [6.45, 7) is 6.21. The minimum Gasteiger partial charge on any atom is -0.324 e. The van der Waals surface area contributed by atoms with Crippen LogP contribution in [0.2, 0.25) is 0 Å². The zero-order chi connectivity index (χ0) is 13.1. The highest BCUT2D eigenvalue weighted by molar-refractivity contribution is 7.99. The van der Waals surface area contributed by atoms with E-state index in [0.717, 1.165) is 10.6 Å². The van der Waals surface area contributed by atoms with Crippen LogP contribution in [0.25, 0.3) is 0 Å². The van der Waals surface area contributed by atoms with Gasteiger partial charge in [0.15, 0.2) is 0 Å². The van der Waals surface area contributed by atoms with Gasteiger partial charge in [0, 0.05) is 17.1 Å². The lowest BCUT2D eigenvalue weighted by atomic mass is 10.2. The average molecular weight is 258 g/mol. The first-order valence-electron chi connectivity index (χ1n) is 6.03. The summed E-state index contributed by atoms with van der Waals surface area (Å²) < 4.78 is 0. The number of aryl methyl sites for hydroxylation is 2. The molecule has 1 aromatic carbocycles. The minimum absolute atomic E-state index is 0.0395. The number of aromatic nitrogens is 1. The van der Waals surface area contributed by atoms with E-state index < -0.39 is 0 Å². The largest absolute Gasteiger partial charge is 0.324 e. The zero-order valence-corrected chi connectivity index (χ0v) is 11.8. The Morgan fingerprint density at radius 2 is 1.94 bits per heavy atom. The van der Waals surface area contributed by atoms with Crippen LogP contribution in [0.4, 0.5) is 0 Å². The second kappa shape index (κ2) is 5.55. The predicted octanol–water partition coefficient (Wildman–Crippen LogP) is 3.87. The van der Waals surface area contributed by atoms with Gasteiger partial charge in [-0.2, -0.15) is 0 Å². The van der Waals surface area contributed by atoms with Gasteiger partial charge in [-0.15, -0.1) is 0 Å². The Morgan fingerprint density at radius 1 is 1.17 bits per heavy atom. The van der Waals surface area contributed by atoms with Crippen LogP contribution >= 0.6 is 11.8 Å². The third-order valence-corrected chi connectivity index (χ3v) is 3.96. The zero-order valence-electron chi connectivity index (χ0n) is 11.0. The fourth-order valence-electron chi connectivity index (χ4n) is 1.75. The maximum absolute atomic E-state index is 5.81. The lowest BCUT2D eigenvalue weighted by Gasteiger charge is -2.08. The second-order valence-corrected chi connectivity index (χ2v) is 5.65. The highest BCUT2D eigenvalue weighted by atomic mass is 32.2. The Labute approximate surface area is 113 Å². The summed E-state index contributed by atoms with van der Waals surface area (Å²) in [6, 6.07) is 10.6. The number of nitrogens with zero attached hydrogens (tertiary/aromatic N) is 1. The molecular formula is C15H18N2S. The van der Waals surface area contributed by atoms with Crippen molar-refractivity contribution >= 4 is 11.8 Å². The van der Waals surface area contributed by atoms with Gasteiger partial charge in [-0.25, -0.2) is 4.98 Å². The number of nitrogens with two attached hydrogens (primary N) is 1. The van der Waals surface area contributed by atoms with E-state index in [0.29, 0.717) is 0 Å². The molecule has 94 valence electrons. The molecule has 0 fully saturated rings. The molecule has 18 heavy (non-hydrogen) atoms. The van der Waals surface area contributed by atoms with E-state index in [1.807, 2.05) is 25.3 Å². The second-order valence-electron chi connectivity index (χ2n) is 4.59. The summed E-state index contributed by atoms with van der Waals surface area (Å²) in [5, 5.41) is 1.01. The van der Waals surface area contributed by atoms with Crippen molar-refractivity contribution in [1.82, 2.24) is 4.98 Å². The van der Waals surface area contributed by atoms with Crippen molar-refractivity contribution in [2.45, 2.75) is 36.7 Å². The van der Waals surface area contributed by atoms with E-state index in [4.69, 9.17) is 5.73 Å². The lowest BCUT2D eigenvalue weighted by Crippen LogP contribution is -2.04. The Morgan fingerprint density at radius 3 is 2.50 bits per heavy atom. The fraction of sp³-hybridized carbons (Fsp3) is 0.267. The molecule has 0 aliphatic rings. The van der Waals surface area contributed by atoms with Gasteiger partial charge in [0.05, 0.1) is 0 Å². The summed E-state index contributed by atoms with van der Waals surface area (Å²) in [6.07, 6.45) is 1.86. The van der Waals surface area contributed by atoms with Crippen molar-refractivity contribution in [2.24, 2.45) is 5.73 Å². The van der Waals surface area contributed by atoms with Gasteiger partial charge < -0.3 is 5.73 Å². The summed E-state index contributed by atoms with van der Waals surface area (Å²) in [4.78, 5) is 5.69. The molecule has 0 radical (unpaired) electrons. The Balaban J connectivity index is 2.18. The average Bonchev–Trinajstić information content (AvgIpc) is 2.33. The predicted molar refractivity (Wildman–Crippen MR) is 76.9 cm³/mol. The van der Waals surface area contributed by atoms with E-state index in [1.54, 1.807) is 11.8 Å². The van der Waals surface area contributed by atoms with Gasteiger partial charge in [0.2, 0.25) is 0 Å². The molecule has 0 saturated heterocycles. The Hall–Kier alpha value is -1.32. The van der Waals surface area contributed by atoms with Crippen LogP contribution in [-0.4, -0.2) is 4.98 Å². The van der Waals surface area contributed by atoms with Gasteiger partial charge in [0.25, 0.3) is 0 Å². The first-order chi connectivity index (χ1) is 8.56. The van der Waals surface area contributed by atoms with Gasteiger partial charge in [-0.05, 0) is 44.0 Å². The van der Waals surface area contributed by atoms with Gasteiger partial charge >= 0.3 is 0 Å². The molecule has 2 rings (SSSR count). The van der Waals surface area contributed by atoms with E-state index in [9.17, 15) is 0 Å². The molecule has 3 heteroatoms. The van der Waals surface area contributed by atoms with Gasteiger partial charge in [-0.1, -0.05) is 35.5 Å². The molecule has 0 unspecified atom stereocenters. The van der Waals surface area contributed by atoms with Gasteiger partial charge in [-0.3, -0.25) is 0 Å². The molecule has 1 atom stereocenters. The van der Waals surface area contributed by atoms with Crippen molar-refractivity contribution in [3.8, 4) is 0 Å². The smallest absolute Gasteiger partial charge is 0.101 e. The monoisotopic (exact) mass is 258 g/mol. The molecular weight excluding hydrogens is 240 g/mol. The van der Waals surface area contributed by atoms with Crippen LogP contribution in [0.15, 0.2) is 46.5 Å². The normalized spacial score (nSPS) is 12.4. The first-order valence-corrected chi connectivity index (χ1v) is 6.84. The van der Waals surface area contributed by atoms with Crippen molar-refractivity contribution in [3.05, 3.63) is 53.2 Å². The molecule has 2 N–H and O–H groups in total. The molecule has 0 amide bonds. The molecule has 0 aliphatic carbocycles. The highest BCUT2D eigenvalue weighted by Crippen LogP contribution is 2.29. The van der Waals surface area contributed by atoms with Crippen LogP contribution in [0.3, 0.4) is 0 Å². The fourth-order valence-corrected chi connectivity index (χ4v) is 2.57. The molecule has 0 spiro atoms. The highest BCUT2D eigenvalue weighted by Gasteiger charge is 2.04. The molecule has 2 aromatic rings. The van der Waals surface area contributed by atoms with Crippen LogP contribution < -0.4 is 5.73 Å². The van der Waals surface area contributed by atoms with Crippen molar-refractivity contribution in [3.63, 3.8) is 0 Å². The van der Waals surface area contributed by atoms with Crippen LogP contribution in [0, 0.1) is 13.8 Å². The molecule has 0 aliphatic heterocycles. The van der Waals surface area contributed by atoms with E-state index in [-0.39, 0.29) is 6.04 Å². The van der Waals surface area contributed by atoms with E-state index >= 15 is 0 Å². The number of rotatable bonds is 3. The molecule has 1 aromatic heterocycles. The summed E-state index contributed by atoms with van der Waals surface area (Å²) in [5.41, 5.74) is 9.46. The molecule has 1 heterocycles. The Bertz CT molecular complexity index is 533. The third-order valence-electron chi connectivity index (χ3n) is 2.83. The lowest BCUT2D eigenvalue weighted by molar-refractivity contribution is 0.806. The number of hydrogen-bond donors (Lipinski definition) is 1. The standard InChI is InChI=1S/C15H18N2S/c1-10-4-6-14(11(2)8-10)18-15-7-5-13(9-17-15)12(3)16/h4-9,12H,16H2,1-3H3/t12-/m0/s1. The first kappa shape index (κ1) is 13.1. The van der Waals surface area contributed by atoms with Crippen LogP contribution in [0.5, 0.6) is 0 Å². The quantitative estimate of drug-likeness (QED) is 0.908. The maximum Gasteiger partial charge on any atom is 0.101 e. The number of hydrogen-bond acceptors (Lipinski definition) is 3. The van der Waals surface area contributed by atoms with E-state index in [2.05, 4.69) is 37.0 Å². The number of benzene rings is 1. The summed E-state index contributed by atoms with van der Waals surface area (Å²) in [5.74, 6) is 0. The summed E-state index contributed by atoms with van der Waals surface area (Å²) >= 11 is 1.69. The molecule has 2 nitrogen and oxygen atoms in total. The third kappa shape index (κ3) is 3.12. The SMILES string of the molecule is Cc1ccc(Sc2ccc([C@H](C)N)cn2)c(C)c1. The maximum atomic E-state index is 5.81. The van der Waals surface area contributed by atoms with Gasteiger partial charge in [0.1, 0.15) is 5.03 Å². The Kier molecular flexibility index (Phi) is 4.04. The van der Waals surface area contributed by atoms with E-state index in [1.165, 1.54) is 16.0 Å². The molecule has 0 saturated carbocycles. The van der Waals surface area contributed by atoms with Crippen molar-refractivity contribution < 1.29 is 0 Å².